The molecule has 2 aromatic carbocycles. The molecule has 0 spiro atoms. The molecule has 0 saturated heterocycles. The summed E-state index contributed by atoms with van der Waals surface area (Å²) in [5.74, 6) is 3.01. The van der Waals surface area contributed by atoms with E-state index in [2.05, 4.69) is 26.0 Å². The molecule has 2 nitrogen and oxygen atoms in total. The molecule has 22 heavy (non-hydrogen) atoms. The summed E-state index contributed by atoms with van der Waals surface area (Å²) in [4.78, 5) is 1.32. The van der Waals surface area contributed by atoms with Gasteiger partial charge in [0.2, 0.25) is 0 Å². The second-order valence-corrected chi connectivity index (χ2v) is 6.28. The van der Waals surface area contributed by atoms with Crippen molar-refractivity contribution < 1.29 is 9.47 Å². The Balaban J connectivity index is 1.72. The van der Waals surface area contributed by atoms with Crippen molar-refractivity contribution in [2.45, 2.75) is 31.6 Å². The first-order valence-corrected chi connectivity index (χ1v) is 8.82. The molecule has 0 N–H and O–H groups in total. The maximum atomic E-state index is 5.83. The Hall–Kier alpha value is -1.61. The van der Waals surface area contributed by atoms with Gasteiger partial charge in [-0.1, -0.05) is 31.2 Å². The van der Waals surface area contributed by atoms with Crippen LogP contribution in [0.5, 0.6) is 11.5 Å². The maximum Gasteiger partial charge on any atom is 0.120 e. The normalized spacial score (nSPS) is 10.5. The molecular formula is C19H24O2S. The predicted molar refractivity (Wildman–Crippen MR) is 94.2 cm³/mol. The Morgan fingerprint density at radius 1 is 0.909 bits per heavy atom. The lowest BCUT2D eigenvalue weighted by Gasteiger charge is -2.10. The highest BCUT2D eigenvalue weighted by Crippen LogP contribution is 2.27. The van der Waals surface area contributed by atoms with E-state index < -0.39 is 0 Å². The molecule has 0 atom stereocenters. The summed E-state index contributed by atoms with van der Waals surface area (Å²) < 4.78 is 11.5. The number of thioether (sulfide) groups is 1. The lowest BCUT2D eigenvalue weighted by Crippen LogP contribution is -2.05. The van der Waals surface area contributed by atoms with Crippen LogP contribution in [0.1, 0.15) is 25.3 Å². The first kappa shape index (κ1) is 16.8. The zero-order valence-electron chi connectivity index (χ0n) is 13.4. The third-order valence-corrected chi connectivity index (χ3v) is 4.55. The molecule has 118 valence electrons. The van der Waals surface area contributed by atoms with E-state index in [1.165, 1.54) is 16.9 Å². The monoisotopic (exact) mass is 316 g/mol. The summed E-state index contributed by atoms with van der Waals surface area (Å²) >= 11 is 1.90. The Morgan fingerprint density at radius 3 is 2.36 bits per heavy atom. The van der Waals surface area contributed by atoms with E-state index in [0.29, 0.717) is 13.2 Å². The molecule has 0 saturated carbocycles. The van der Waals surface area contributed by atoms with Gasteiger partial charge in [-0.2, -0.15) is 0 Å². The minimum Gasteiger partial charge on any atom is -0.493 e. The Bertz CT molecular complexity index is 555. The quantitative estimate of drug-likeness (QED) is 0.459. The van der Waals surface area contributed by atoms with Gasteiger partial charge in [0.05, 0.1) is 13.2 Å². The molecule has 0 radical (unpaired) electrons. The fourth-order valence-corrected chi connectivity index (χ4v) is 2.91. The number of hydrogen-bond donors (Lipinski definition) is 0. The van der Waals surface area contributed by atoms with Crippen LogP contribution in [0.25, 0.3) is 0 Å². The van der Waals surface area contributed by atoms with Crippen LogP contribution in [0.15, 0.2) is 53.4 Å². The van der Waals surface area contributed by atoms with Crippen molar-refractivity contribution in [3.8, 4) is 11.5 Å². The van der Waals surface area contributed by atoms with Crippen molar-refractivity contribution in [3.63, 3.8) is 0 Å². The molecule has 0 fully saturated rings. The maximum absolute atomic E-state index is 5.83. The van der Waals surface area contributed by atoms with Gasteiger partial charge < -0.3 is 9.47 Å². The van der Waals surface area contributed by atoms with Crippen molar-refractivity contribution in [1.82, 2.24) is 0 Å². The molecule has 0 aliphatic rings. The fraction of sp³-hybridized carbons (Fsp3) is 0.368. The van der Waals surface area contributed by atoms with Crippen molar-refractivity contribution in [2.75, 3.05) is 19.0 Å². The van der Waals surface area contributed by atoms with Crippen LogP contribution in [0.4, 0.5) is 0 Å². The molecule has 0 unspecified atom stereocenters. The van der Waals surface area contributed by atoms with E-state index in [0.717, 1.165) is 23.7 Å². The third-order valence-electron chi connectivity index (χ3n) is 3.19. The van der Waals surface area contributed by atoms with Gasteiger partial charge in [-0.15, -0.1) is 11.8 Å². The van der Waals surface area contributed by atoms with Crippen LogP contribution in [-0.2, 0) is 0 Å². The lowest BCUT2D eigenvalue weighted by atomic mass is 10.2. The molecule has 3 heteroatoms. The van der Waals surface area contributed by atoms with Gasteiger partial charge in [-0.05, 0) is 48.9 Å². The van der Waals surface area contributed by atoms with Gasteiger partial charge >= 0.3 is 0 Å². The average molecular weight is 316 g/mol. The highest BCUT2D eigenvalue weighted by Gasteiger charge is 2.02. The smallest absolute Gasteiger partial charge is 0.120 e. The first-order chi connectivity index (χ1) is 10.8. The predicted octanol–water partition coefficient (Wildman–Crippen LogP) is 5.35. The number of para-hydroxylation sites is 1. The Morgan fingerprint density at radius 2 is 1.64 bits per heavy atom. The highest BCUT2D eigenvalue weighted by atomic mass is 32.2. The van der Waals surface area contributed by atoms with E-state index in [1.807, 2.05) is 48.2 Å². The standard InChI is InChI=1S/C19H24O2S/c1-3-14-22-19-15-18(11-10-16(19)2)21-13-7-12-20-17-8-5-4-6-9-17/h4-6,8-11,15H,3,7,12-14H2,1-2H3. The van der Waals surface area contributed by atoms with Gasteiger partial charge in [0.25, 0.3) is 0 Å². The first-order valence-electron chi connectivity index (χ1n) is 7.83. The van der Waals surface area contributed by atoms with Crippen LogP contribution in [0.3, 0.4) is 0 Å². The summed E-state index contributed by atoms with van der Waals surface area (Å²) in [5.41, 5.74) is 1.32. The van der Waals surface area contributed by atoms with Crippen molar-refractivity contribution in [3.05, 3.63) is 54.1 Å². The topological polar surface area (TPSA) is 18.5 Å². The van der Waals surface area contributed by atoms with E-state index in [9.17, 15) is 0 Å². The molecule has 0 amide bonds. The van der Waals surface area contributed by atoms with E-state index in [1.54, 1.807) is 0 Å². The highest BCUT2D eigenvalue weighted by molar-refractivity contribution is 7.99. The fourth-order valence-electron chi connectivity index (χ4n) is 1.99. The van der Waals surface area contributed by atoms with Crippen LogP contribution in [0.2, 0.25) is 0 Å². The van der Waals surface area contributed by atoms with Crippen LogP contribution >= 0.6 is 11.8 Å². The minimum absolute atomic E-state index is 0.674. The second kappa shape index (κ2) is 9.42. The molecule has 0 aliphatic carbocycles. The molecule has 0 aromatic heterocycles. The summed E-state index contributed by atoms with van der Waals surface area (Å²) in [6, 6.07) is 16.2. The summed E-state index contributed by atoms with van der Waals surface area (Å²) in [5, 5.41) is 0. The SMILES string of the molecule is CCCSc1cc(OCCCOc2ccccc2)ccc1C. The molecule has 2 rings (SSSR count). The second-order valence-electron chi connectivity index (χ2n) is 5.14. The minimum atomic E-state index is 0.674. The Kier molecular flexibility index (Phi) is 7.17. The molecule has 2 aromatic rings. The molecular weight excluding hydrogens is 292 g/mol. The number of rotatable bonds is 9. The zero-order valence-corrected chi connectivity index (χ0v) is 14.2. The van der Waals surface area contributed by atoms with Crippen LogP contribution < -0.4 is 9.47 Å². The molecule has 0 heterocycles. The van der Waals surface area contributed by atoms with Gasteiger partial charge in [-0.25, -0.2) is 0 Å². The largest absolute Gasteiger partial charge is 0.493 e. The van der Waals surface area contributed by atoms with E-state index in [-0.39, 0.29) is 0 Å². The number of hydrogen-bond acceptors (Lipinski definition) is 3. The summed E-state index contributed by atoms with van der Waals surface area (Å²) in [7, 11) is 0. The third kappa shape index (κ3) is 5.64. The van der Waals surface area contributed by atoms with Gasteiger partial charge in [0, 0.05) is 11.3 Å². The van der Waals surface area contributed by atoms with Crippen LogP contribution in [-0.4, -0.2) is 19.0 Å². The number of ether oxygens (including phenoxy) is 2. The summed E-state index contributed by atoms with van der Waals surface area (Å²) in [6.45, 7) is 5.70. The van der Waals surface area contributed by atoms with Crippen molar-refractivity contribution in [1.29, 1.82) is 0 Å². The molecule has 0 bridgehead atoms. The van der Waals surface area contributed by atoms with Gasteiger partial charge in [-0.3, -0.25) is 0 Å². The Labute approximate surface area is 137 Å². The number of benzene rings is 2. The van der Waals surface area contributed by atoms with Crippen molar-refractivity contribution >= 4 is 11.8 Å². The lowest BCUT2D eigenvalue weighted by molar-refractivity contribution is 0.247. The van der Waals surface area contributed by atoms with Crippen molar-refractivity contribution in [2.24, 2.45) is 0 Å². The summed E-state index contributed by atoms with van der Waals surface area (Å²) in [6.07, 6.45) is 2.06. The van der Waals surface area contributed by atoms with E-state index in [4.69, 9.17) is 9.47 Å². The average Bonchev–Trinajstić information content (AvgIpc) is 2.55. The van der Waals surface area contributed by atoms with Gasteiger partial charge in [0.1, 0.15) is 11.5 Å². The van der Waals surface area contributed by atoms with Crippen LogP contribution in [0, 0.1) is 6.92 Å². The van der Waals surface area contributed by atoms with E-state index >= 15 is 0 Å². The molecule has 0 aliphatic heterocycles. The van der Waals surface area contributed by atoms with Gasteiger partial charge in [0.15, 0.2) is 0 Å². The number of aryl methyl sites for hydroxylation is 1. The zero-order chi connectivity index (χ0) is 15.6.